The van der Waals surface area contributed by atoms with E-state index in [4.69, 9.17) is 10.0 Å². The summed E-state index contributed by atoms with van der Waals surface area (Å²) in [7, 11) is 0.104. The average Bonchev–Trinajstić information content (AvgIpc) is 2.08. The quantitative estimate of drug-likeness (QED) is 0.539. The number of nitrogens with one attached hydrogen (secondary N) is 1. The molecule has 0 spiro atoms. The molecule has 0 heterocycles. The standard InChI is InChI=1S/C8H11BFNO2/c1-11-5-6-2-3-7(9(12)13)4-8(6)10/h2-4,11-13H,5H2,1H3. The van der Waals surface area contributed by atoms with Gasteiger partial charge in [-0.15, -0.1) is 0 Å². The van der Waals surface area contributed by atoms with Crippen LogP contribution in [0.3, 0.4) is 0 Å². The zero-order chi connectivity index (χ0) is 9.84. The Morgan fingerprint density at radius 2 is 2.15 bits per heavy atom. The van der Waals surface area contributed by atoms with Crippen LogP contribution >= 0.6 is 0 Å². The smallest absolute Gasteiger partial charge is 0.423 e. The third-order valence-electron chi connectivity index (χ3n) is 1.74. The fourth-order valence-electron chi connectivity index (χ4n) is 1.06. The van der Waals surface area contributed by atoms with Crippen LogP contribution in [0.1, 0.15) is 5.56 Å². The first-order valence-corrected chi connectivity index (χ1v) is 3.94. The molecule has 0 saturated carbocycles. The molecule has 0 amide bonds. The maximum absolute atomic E-state index is 13.1. The van der Waals surface area contributed by atoms with Gasteiger partial charge >= 0.3 is 7.12 Å². The van der Waals surface area contributed by atoms with E-state index >= 15 is 0 Å². The fraction of sp³-hybridized carbons (Fsp3) is 0.250. The van der Waals surface area contributed by atoms with Gasteiger partial charge in [0.15, 0.2) is 0 Å². The van der Waals surface area contributed by atoms with E-state index in [1.165, 1.54) is 12.1 Å². The molecule has 0 radical (unpaired) electrons. The second kappa shape index (κ2) is 4.36. The topological polar surface area (TPSA) is 52.5 Å². The molecular weight excluding hydrogens is 172 g/mol. The Morgan fingerprint density at radius 1 is 1.46 bits per heavy atom. The maximum Gasteiger partial charge on any atom is 0.488 e. The van der Waals surface area contributed by atoms with Gasteiger partial charge in [-0.25, -0.2) is 4.39 Å². The van der Waals surface area contributed by atoms with Gasteiger partial charge in [-0.2, -0.15) is 0 Å². The summed E-state index contributed by atoms with van der Waals surface area (Å²) in [6.07, 6.45) is 0. The van der Waals surface area contributed by atoms with E-state index in [2.05, 4.69) is 5.32 Å². The van der Waals surface area contributed by atoms with Crippen molar-refractivity contribution in [1.82, 2.24) is 5.32 Å². The molecule has 0 aromatic heterocycles. The van der Waals surface area contributed by atoms with Crippen molar-refractivity contribution < 1.29 is 14.4 Å². The molecule has 0 aliphatic rings. The monoisotopic (exact) mass is 183 g/mol. The first-order chi connectivity index (χ1) is 6.15. The van der Waals surface area contributed by atoms with E-state index < -0.39 is 12.9 Å². The lowest BCUT2D eigenvalue weighted by atomic mass is 9.80. The molecule has 3 N–H and O–H groups in total. The molecule has 0 saturated heterocycles. The van der Waals surface area contributed by atoms with Crippen molar-refractivity contribution in [3.05, 3.63) is 29.6 Å². The lowest BCUT2D eigenvalue weighted by Gasteiger charge is -2.04. The van der Waals surface area contributed by atoms with Crippen LogP contribution in [0.5, 0.6) is 0 Å². The maximum atomic E-state index is 13.1. The molecule has 5 heteroatoms. The molecule has 0 unspecified atom stereocenters. The number of halogens is 1. The second-order valence-corrected chi connectivity index (χ2v) is 2.75. The summed E-state index contributed by atoms with van der Waals surface area (Å²) in [5.74, 6) is -0.431. The first kappa shape index (κ1) is 10.2. The van der Waals surface area contributed by atoms with Gasteiger partial charge in [0.25, 0.3) is 0 Å². The lowest BCUT2D eigenvalue weighted by Crippen LogP contribution is -2.30. The van der Waals surface area contributed by atoms with Crippen LogP contribution < -0.4 is 10.8 Å². The highest BCUT2D eigenvalue weighted by Gasteiger charge is 2.12. The Kier molecular flexibility index (Phi) is 3.42. The van der Waals surface area contributed by atoms with Gasteiger partial charge in [0.05, 0.1) is 0 Å². The highest BCUT2D eigenvalue weighted by atomic mass is 19.1. The van der Waals surface area contributed by atoms with Gasteiger partial charge in [-0.05, 0) is 18.6 Å². The van der Waals surface area contributed by atoms with E-state index in [9.17, 15) is 4.39 Å². The van der Waals surface area contributed by atoms with Gasteiger partial charge in [-0.3, -0.25) is 0 Å². The largest absolute Gasteiger partial charge is 0.488 e. The summed E-state index contributed by atoms with van der Waals surface area (Å²) in [5.41, 5.74) is 0.671. The Balaban J connectivity index is 2.92. The first-order valence-electron chi connectivity index (χ1n) is 3.94. The summed E-state index contributed by atoms with van der Waals surface area (Å²) < 4.78 is 13.1. The van der Waals surface area contributed by atoms with Crippen molar-refractivity contribution in [3.63, 3.8) is 0 Å². The van der Waals surface area contributed by atoms with Crippen molar-refractivity contribution in [3.8, 4) is 0 Å². The highest BCUT2D eigenvalue weighted by Crippen LogP contribution is 2.04. The molecule has 1 rings (SSSR count). The molecule has 1 aromatic rings. The number of rotatable bonds is 3. The summed E-state index contributed by atoms with van der Waals surface area (Å²) in [6.45, 7) is 0.424. The molecule has 0 aliphatic carbocycles. The molecule has 70 valence electrons. The molecule has 0 fully saturated rings. The molecule has 0 aliphatic heterocycles. The summed E-state index contributed by atoms with van der Waals surface area (Å²) in [6, 6.07) is 4.14. The third-order valence-corrected chi connectivity index (χ3v) is 1.74. The van der Waals surface area contributed by atoms with Gasteiger partial charge in [0.2, 0.25) is 0 Å². The summed E-state index contributed by atoms with van der Waals surface area (Å²) >= 11 is 0. The van der Waals surface area contributed by atoms with Crippen LogP contribution in [-0.4, -0.2) is 24.2 Å². The van der Waals surface area contributed by atoms with E-state index in [-0.39, 0.29) is 5.46 Å². The normalized spacial score (nSPS) is 10.2. The average molecular weight is 183 g/mol. The van der Waals surface area contributed by atoms with Gasteiger partial charge in [0, 0.05) is 12.1 Å². The zero-order valence-electron chi connectivity index (χ0n) is 7.29. The Bertz CT molecular complexity index is 293. The van der Waals surface area contributed by atoms with E-state index in [0.717, 1.165) is 6.07 Å². The zero-order valence-corrected chi connectivity index (χ0v) is 7.29. The van der Waals surface area contributed by atoms with Gasteiger partial charge in [-0.1, -0.05) is 12.1 Å². The molecule has 0 bridgehead atoms. The predicted octanol–water partition coefficient (Wildman–Crippen LogP) is -0.775. The van der Waals surface area contributed by atoms with Crippen LogP contribution in [0.2, 0.25) is 0 Å². The molecule has 1 aromatic carbocycles. The molecular formula is C8H11BFNO2. The fourth-order valence-corrected chi connectivity index (χ4v) is 1.06. The minimum atomic E-state index is -1.61. The minimum absolute atomic E-state index is 0.164. The van der Waals surface area contributed by atoms with Gasteiger partial charge in [0.1, 0.15) is 5.82 Å². The Hall–Kier alpha value is -0.905. The minimum Gasteiger partial charge on any atom is -0.423 e. The van der Waals surface area contributed by atoms with Crippen molar-refractivity contribution in [2.45, 2.75) is 6.54 Å². The van der Waals surface area contributed by atoms with Crippen molar-refractivity contribution in [2.24, 2.45) is 0 Å². The molecule has 0 atom stereocenters. The summed E-state index contributed by atoms with van der Waals surface area (Å²) in [5, 5.41) is 20.3. The van der Waals surface area contributed by atoms with Gasteiger partial charge < -0.3 is 15.4 Å². The lowest BCUT2D eigenvalue weighted by molar-refractivity contribution is 0.425. The van der Waals surface area contributed by atoms with E-state index in [0.29, 0.717) is 12.1 Å². The van der Waals surface area contributed by atoms with Crippen molar-refractivity contribution in [1.29, 1.82) is 0 Å². The highest BCUT2D eigenvalue weighted by molar-refractivity contribution is 6.58. The number of hydrogen-bond donors (Lipinski definition) is 3. The van der Waals surface area contributed by atoms with E-state index in [1.807, 2.05) is 0 Å². The summed E-state index contributed by atoms with van der Waals surface area (Å²) in [4.78, 5) is 0. The SMILES string of the molecule is CNCc1ccc(B(O)O)cc1F. The second-order valence-electron chi connectivity index (χ2n) is 2.75. The number of benzene rings is 1. The molecule has 3 nitrogen and oxygen atoms in total. The Morgan fingerprint density at radius 3 is 2.62 bits per heavy atom. The van der Waals surface area contributed by atoms with Crippen LogP contribution in [0.25, 0.3) is 0 Å². The van der Waals surface area contributed by atoms with Crippen LogP contribution in [-0.2, 0) is 6.54 Å². The van der Waals surface area contributed by atoms with Crippen LogP contribution in [0, 0.1) is 5.82 Å². The third kappa shape index (κ3) is 2.52. The van der Waals surface area contributed by atoms with Crippen LogP contribution in [0.4, 0.5) is 4.39 Å². The Labute approximate surface area is 76.4 Å². The predicted molar refractivity (Wildman–Crippen MR) is 49.0 cm³/mol. The van der Waals surface area contributed by atoms with Crippen LogP contribution in [0.15, 0.2) is 18.2 Å². The molecule has 13 heavy (non-hydrogen) atoms. The van der Waals surface area contributed by atoms with Crippen molar-refractivity contribution in [2.75, 3.05) is 7.05 Å². The van der Waals surface area contributed by atoms with E-state index in [1.54, 1.807) is 7.05 Å². The number of hydrogen-bond acceptors (Lipinski definition) is 3. The van der Waals surface area contributed by atoms with Crippen molar-refractivity contribution >= 4 is 12.6 Å².